The third-order valence-corrected chi connectivity index (χ3v) is 3.33. The van der Waals surface area contributed by atoms with E-state index in [9.17, 15) is 4.79 Å². The van der Waals surface area contributed by atoms with E-state index in [2.05, 4.69) is 10.6 Å². The molecule has 0 spiro atoms. The molecule has 18 heavy (non-hydrogen) atoms. The summed E-state index contributed by atoms with van der Waals surface area (Å²) < 4.78 is 0. The number of hydrogen-bond donors (Lipinski definition) is 3. The summed E-state index contributed by atoms with van der Waals surface area (Å²) in [6.07, 6.45) is 2.74. The Kier molecular flexibility index (Phi) is 4.73. The number of hydrogen-bond acceptors (Lipinski definition) is 3. The molecule has 1 heterocycles. The Morgan fingerprint density at radius 2 is 2.17 bits per heavy atom. The van der Waals surface area contributed by atoms with Gasteiger partial charge in [0.2, 0.25) is 5.91 Å². The number of rotatable bonds is 4. The summed E-state index contributed by atoms with van der Waals surface area (Å²) in [6.45, 7) is 2.02. The lowest BCUT2D eigenvalue weighted by molar-refractivity contribution is -0.117. The van der Waals surface area contributed by atoms with Gasteiger partial charge in [0.05, 0.1) is 6.61 Å². The van der Waals surface area contributed by atoms with Crippen LogP contribution in [0.2, 0.25) is 0 Å². The second-order valence-corrected chi connectivity index (χ2v) is 4.80. The van der Waals surface area contributed by atoms with E-state index in [4.69, 9.17) is 5.11 Å². The van der Waals surface area contributed by atoms with E-state index in [0.29, 0.717) is 12.3 Å². The van der Waals surface area contributed by atoms with Crippen molar-refractivity contribution >= 4 is 11.6 Å². The molecule has 1 amide bonds. The summed E-state index contributed by atoms with van der Waals surface area (Å²) in [5.74, 6) is 0.560. The molecule has 1 aromatic rings. The van der Waals surface area contributed by atoms with Gasteiger partial charge in [0.25, 0.3) is 0 Å². The maximum absolute atomic E-state index is 11.9. The van der Waals surface area contributed by atoms with Crippen molar-refractivity contribution < 1.29 is 9.90 Å². The summed E-state index contributed by atoms with van der Waals surface area (Å²) in [6, 6.07) is 7.33. The minimum Gasteiger partial charge on any atom is -0.392 e. The third-order valence-electron chi connectivity index (χ3n) is 3.33. The molecule has 98 valence electrons. The minimum atomic E-state index is -0.00198. The Labute approximate surface area is 107 Å². The minimum absolute atomic E-state index is 0.00198. The number of aliphatic hydroxyl groups excluding tert-OH is 1. The van der Waals surface area contributed by atoms with E-state index >= 15 is 0 Å². The van der Waals surface area contributed by atoms with Crippen LogP contribution < -0.4 is 10.6 Å². The normalized spacial score (nSPS) is 16.5. The van der Waals surface area contributed by atoms with Gasteiger partial charge in [-0.05, 0) is 49.5 Å². The summed E-state index contributed by atoms with van der Waals surface area (Å²) >= 11 is 0. The quantitative estimate of drug-likeness (QED) is 0.757. The van der Waals surface area contributed by atoms with Crippen molar-refractivity contribution in [1.82, 2.24) is 5.32 Å². The first-order chi connectivity index (χ1) is 8.78. The second kappa shape index (κ2) is 6.52. The zero-order valence-electron chi connectivity index (χ0n) is 10.5. The van der Waals surface area contributed by atoms with Gasteiger partial charge in [-0.2, -0.15) is 0 Å². The van der Waals surface area contributed by atoms with Gasteiger partial charge < -0.3 is 15.7 Å². The molecule has 3 N–H and O–H groups in total. The average molecular weight is 248 g/mol. The third kappa shape index (κ3) is 3.82. The summed E-state index contributed by atoms with van der Waals surface area (Å²) in [5.41, 5.74) is 1.58. The van der Waals surface area contributed by atoms with Gasteiger partial charge in [-0.15, -0.1) is 0 Å². The van der Waals surface area contributed by atoms with Crippen LogP contribution >= 0.6 is 0 Å². The predicted octanol–water partition coefficient (Wildman–Crippen LogP) is 1.51. The van der Waals surface area contributed by atoms with Crippen LogP contribution in [0.3, 0.4) is 0 Å². The molecule has 1 aromatic carbocycles. The van der Waals surface area contributed by atoms with Gasteiger partial charge in [0.1, 0.15) is 0 Å². The molecule has 1 fully saturated rings. The number of carbonyl (C=O) groups is 1. The highest BCUT2D eigenvalue weighted by atomic mass is 16.3. The van der Waals surface area contributed by atoms with Crippen molar-refractivity contribution in [3.63, 3.8) is 0 Å². The lowest BCUT2D eigenvalue weighted by atomic mass is 9.94. The fourth-order valence-corrected chi connectivity index (χ4v) is 2.31. The first-order valence-electron chi connectivity index (χ1n) is 6.48. The molecule has 0 unspecified atom stereocenters. The van der Waals surface area contributed by atoms with E-state index in [0.717, 1.165) is 37.2 Å². The van der Waals surface area contributed by atoms with Gasteiger partial charge in [0, 0.05) is 12.1 Å². The SMILES string of the molecule is O=C(CC1CCNCC1)Nc1cccc(CO)c1. The zero-order valence-corrected chi connectivity index (χ0v) is 10.5. The summed E-state index contributed by atoms with van der Waals surface area (Å²) in [4.78, 5) is 11.9. The molecule has 1 aliphatic heterocycles. The Balaban J connectivity index is 1.85. The lowest BCUT2D eigenvalue weighted by Gasteiger charge is -2.21. The van der Waals surface area contributed by atoms with E-state index in [-0.39, 0.29) is 12.5 Å². The number of amides is 1. The van der Waals surface area contributed by atoms with Crippen LogP contribution in [0.15, 0.2) is 24.3 Å². The largest absolute Gasteiger partial charge is 0.392 e. The molecule has 0 saturated carbocycles. The standard InChI is InChI=1S/C14H20N2O2/c17-10-12-2-1-3-13(8-12)16-14(18)9-11-4-6-15-7-5-11/h1-3,8,11,15,17H,4-7,9-10H2,(H,16,18). The van der Waals surface area contributed by atoms with Crippen molar-refractivity contribution in [2.24, 2.45) is 5.92 Å². The van der Waals surface area contributed by atoms with Gasteiger partial charge in [-0.25, -0.2) is 0 Å². The van der Waals surface area contributed by atoms with Crippen molar-refractivity contribution in [1.29, 1.82) is 0 Å². The number of carbonyl (C=O) groups excluding carboxylic acids is 1. The molecular formula is C14H20N2O2. The van der Waals surface area contributed by atoms with E-state index in [1.54, 1.807) is 6.07 Å². The molecule has 0 aromatic heterocycles. The zero-order chi connectivity index (χ0) is 12.8. The van der Waals surface area contributed by atoms with E-state index in [1.165, 1.54) is 0 Å². The molecule has 4 nitrogen and oxygen atoms in total. The smallest absolute Gasteiger partial charge is 0.224 e. The second-order valence-electron chi connectivity index (χ2n) is 4.80. The van der Waals surface area contributed by atoms with Crippen LogP contribution in [-0.2, 0) is 11.4 Å². The highest BCUT2D eigenvalue weighted by molar-refractivity contribution is 5.90. The molecule has 0 bridgehead atoms. The fourth-order valence-electron chi connectivity index (χ4n) is 2.31. The van der Waals surface area contributed by atoms with Crippen LogP contribution in [0.25, 0.3) is 0 Å². The van der Waals surface area contributed by atoms with Crippen LogP contribution in [0.5, 0.6) is 0 Å². The molecular weight excluding hydrogens is 228 g/mol. The van der Waals surface area contributed by atoms with Crippen molar-refractivity contribution in [3.8, 4) is 0 Å². The fraction of sp³-hybridized carbons (Fsp3) is 0.500. The maximum atomic E-state index is 11.9. The van der Waals surface area contributed by atoms with Crippen LogP contribution in [0.1, 0.15) is 24.8 Å². The van der Waals surface area contributed by atoms with Crippen molar-refractivity contribution in [2.75, 3.05) is 18.4 Å². The number of benzene rings is 1. The molecule has 0 aliphatic carbocycles. The first-order valence-corrected chi connectivity index (χ1v) is 6.48. The Morgan fingerprint density at radius 3 is 2.89 bits per heavy atom. The summed E-state index contributed by atoms with van der Waals surface area (Å²) in [7, 11) is 0. The summed E-state index contributed by atoms with van der Waals surface area (Å²) in [5, 5.41) is 15.2. The van der Waals surface area contributed by atoms with Gasteiger partial charge in [0.15, 0.2) is 0 Å². The molecule has 4 heteroatoms. The van der Waals surface area contributed by atoms with Crippen molar-refractivity contribution in [3.05, 3.63) is 29.8 Å². The van der Waals surface area contributed by atoms with Crippen LogP contribution in [0.4, 0.5) is 5.69 Å². The first kappa shape index (κ1) is 13.1. The van der Waals surface area contributed by atoms with E-state index < -0.39 is 0 Å². The monoisotopic (exact) mass is 248 g/mol. The molecule has 1 saturated heterocycles. The molecule has 2 rings (SSSR count). The van der Waals surface area contributed by atoms with Gasteiger partial charge >= 0.3 is 0 Å². The molecule has 1 aliphatic rings. The van der Waals surface area contributed by atoms with E-state index in [1.807, 2.05) is 18.2 Å². The molecule has 0 radical (unpaired) electrons. The molecule has 0 atom stereocenters. The van der Waals surface area contributed by atoms with Gasteiger partial charge in [-0.3, -0.25) is 4.79 Å². The Morgan fingerprint density at radius 1 is 1.39 bits per heavy atom. The predicted molar refractivity (Wildman–Crippen MR) is 71.2 cm³/mol. The average Bonchev–Trinajstić information content (AvgIpc) is 2.40. The number of anilines is 1. The van der Waals surface area contributed by atoms with Crippen LogP contribution in [0, 0.1) is 5.92 Å². The number of aliphatic hydroxyl groups is 1. The Bertz CT molecular complexity index is 401. The topological polar surface area (TPSA) is 61.4 Å². The maximum Gasteiger partial charge on any atom is 0.224 e. The Hall–Kier alpha value is -1.39. The highest BCUT2D eigenvalue weighted by Crippen LogP contribution is 2.17. The highest BCUT2D eigenvalue weighted by Gasteiger charge is 2.16. The number of nitrogens with one attached hydrogen (secondary N) is 2. The number of piperidine rings is 1. The van der Waals surface area contributed by atoms with Crippen LogP contribution in [-0.4, -0.2) is 24.1 Å². The lowest BCUT2D eigenvalue weighted by Crippen LogP contribution is -2.30. The van der Waals surface area contributed by atoms with Gasteiger partial charge in [-0.1, -0.05) is 12.1 Å². The van der Waals surface area contributed by atoms with Crippen molar-refractivity contribution in [2.45, 2.75) is 25.9 Å².